The van der Waals surface area contributed by atoms with E-state index in [1.807, 2.05) is 0 Å². The van der Waals surface area contributed by atoms with Gasteiger partial charge in [-0.3, -0.25) is 4.99 Å². The van der Waals surface area contributed by atoms with Gasteiger partial charge in [0.25, 0.3) is 0 Å². The first kappa shape index (κ1) is 13.7. The summed E-state index contributed by atoms with van der Waals surface area (Å²) in [6, 6.07) is 0. The first-order chi connectivity index (χ1) is 8.61. The molecule has 4 nitrogen and oxygen atoms in total. The highest BCUT2D eigenvalue weighted by atomic mass is 15.3. The maximum Gasteiger partial charge on any atom is 0.193 e. The molecule has 1 heterocycles. The van der Waals surface area contributed by atoms with Crippen LogP contribution in [-0.2, 0) is 0 Å². The van der Waals surface area contributed by atoms with Gasteiger partial charge in [-0.15, -0.1) is 0 Å². The minimum Gasteiger partial charge on any atom is -0.356 e. The predicted octanol–water partition coefficient (Wildman–Crippen LogP) is 1.39. The van der Waals surface area contributed by atoms with Crippen LogP contribution in [-0.4, -0.2) is 63.1 Å². The van der Waals surface area contributed by atoms with Gasteiger partial charge < -0.3 is 15.1 Å². The van der Waals surface area contributed by atoms with Gasteiger partial charge in [0, 0.05) is 38.6 Å². The molecule has 4 heteroatoms. The van der Waals surface area contributed by atoms with E-state index < -0.39 is 0 Å². The maximum atomic E-state index is 4.60. The van der Waals surface area contributed by atoms with E-state index >= 15 is 0 Å². The Hall–Kier alpha value is -0.770. The van der Waals surface area contributed by atoms with Crippen LogP contribution in [0.15, 0.2) is 4.99 Å². The minimum absolute atomic E-state index is 0.463. The van der Waals surface area contributed by atoms with Gasteiger partial charge >= 0.3 is 0 Å². The highest BCUT2D eigenvalue weighted by Gasteiger charge is 2.34. The van der Waals surface area contributed by atoms with Gasteiger partial charge in [0.2, 0.25) is 0 Å². The average Bonchev–Trinajstić information content (AvgIpc) is 2.76. The van der Waals surface area contributed by atoms with Crippen LogP contribution in [0.25, 0.3) is 0 Å². The molecule has 0 spiro atoms. The Morgan fingerprint density at radius 1 is 1.28 bits per heavy atom. The van der Waals surface area contributed by atoms with E-state index in [0.29, 0.717) is 5.41 Å². The van der Waals surface area contributed by atoms with E-state index in [0.717, 1.165) is 25.6 Å². The fourth-order valence-corrected chi connectivity index (χ4v) is 3.36. The third-order valence-electron chi connectivity index (χ3n) is 4.21. The quantitative estimate of drug-likeness (QED) is 0.820. The summed E-state index contributed by atoms with van der Waals surface area (Å²) in [5, 5.41) is 3.61. The molecule has 0 aromatic heterocycles. The molecular weight excluding hydrogens is 224 g/mol. The second kappa shape index (κ2) is 5.91. The Bertz CT molecular complexity index is 292. The summed E-state index contributed by atoms with van der Waals surface area (Å²) in [6.07, 6.45) is 6.67. The Balaban J connectivity index is 1.91. The van der Waals surface area contributed by atoms with Gasteiger partial charge in [-0.05, 0) is 33.4 Å². The molecule has 0 amide bonds. The van der Waals surface area contributed by atoms with E-state index in [-0.39, 0.29) is 0 Å². The molecule has 0 aromatic carbocycles. The minimum atomic E-state index is 0.463. The second-order valence-corrected chi connectivity index (χ2v) is 6.28. The van der Waals surface area contributed by atoms with Crippen molar-refractivity contribution >= 4 is 5.96 Å². The van der Waals surface area contributed by atoms with Crippen molar-refractivity contribution in [2.45, 2.75) is 32.1 Å². The van der Waals surface area contributed by atoms with E-state index in [1.54, 1.807) is 0 Å². The molecule has 0 aromatic rings. The SMILES string of the molecule is CN(C)CC1(CNC2=NCCCN2C)CCCC1. The van der Waals surface area contributed by atoms with E-state index in [1.165, 1.54) is 38.6 Å². The van der Waals surface area contributed by atoms with Gasteiger partial charge in [-0.2, -0.15) is 0 Å². The van der Waals surface area contributed by atoms with Crippen molar-refractivity contribution in [3.05, 3.63) is 0 Å². The van der Waals surface area contributed by atoms with Crippen molar-refractivity contribution in [3.63, 3.8) is 0 Å². The number of guanidine groups is 1. The van der Waals surface area contributed by atoms with Crippen molar-refractivity contribution < 1.29 is 0 Å². The van der Waals surface area contributed by atoms with Crippen LogP contribution in [0.2, 0.25) is 0 Å². The molecule has 0 bridgehead atoms. The van der Waals surface area contributed by atoms with Crippen LogP contribution >= 0.6 is 0 Å². The zero-order chi connectivity index (χ0) is 13.0. The highest BCUT2D eigenvalue weighted by molar-refractivity contribution is 5.80. The van der Waals surface area contributed by atoms with E-state index in [2.05, 4.69) is 41.3 Å². The predicted molar refractivity (Wildman–Crippen MR) is 77.0 cm³/mol. The lowest BCUT2D eigenvalue weighted by atomic mass is 9.85. The standard InChI is InChI=1S/C14H28N4/c1-17(2)12-14(7-4-5-8-14)11-16-13-15-9-6-10-18(13)3/h4-12H2,1-3H3,(H,15,16). The molecular formula is C14H28N4. The van der Waals surface area contributed by atoms with Gasteiger partial charge in [0.1, 0.15) is 0 Å². The van der Waals surface area contributed by atoms with Gasteiger partial charge in [-0.25, -0.2) is 0 Å². The number of aliphatic imine (C=N–C) groups is 1. The van der Waals surface area contributed by atoms with Gasteiger partial charge in [-0.1, -0.05) is 12.8 Å². The normalized spacial score (nSPS) is 23.3. The lowest BCUT2D eigenvalue weighted by Crippen LogP contribution is -2.48. The molecule has 1 aliphatic heterocycles. The lowest BCUT2D eigenvalue weighted by Gasteiger charge is -2.34. The van der Waals surface area contributed by atoms with Gasteiger partial charge in [0.05, 0.1) is 0 Å². The molecule has 0 radical (unpaired) electrons. The second-order valence-electron chi connectivity index (χ2n) is 6.28. The molecule has 104 valence electrons. The smallest absolute Gasteiger partial charge is 0.193 e. The van der Waals surface area contributed by atoms with Crippen molar-refractivity contribution in [1.29, 1.82) is 0 Å². The molecule has 1 saturated carbocycles. The van der Waals surface area contributed by atoms with Crippen molar-refractivity contribution in [3.8, 4) is 0 Å². The average molecular weight is 252 g/mol. The van der Waals surface area contributed by atoms with Crippen LogP contribution in [0.1, 0.15) is 32.1 Å². The summed E-state index contributed by atoms with van der Waals surface area (Å²) in [7, 11) is 6.51. The fraction of sp³-hybridized carbons (Fsp3) is 0.929. The summed E-state index contributed by atoms with van der Waals surface area (Å²) in [4.78, 5) is 9.18. The first-order valence-corrected chi connectivity index (χ1v) is 7.26. The molecule has 2 aliphatic rings. The summed E-state index contributed by atoms with van der Waals surface area (Å²) < 4.78 is 0. The Morgan fingerprint density at radius 2 is 2.00 bits per heavy atom. The Morgan fingerprint density at radius 3 is 2.61 bits per heavy atom. The molecule has 1 N–H and O–H groups in total. The lowest BCUT2D eigenvalue weighted by molar-refractivity contribution is 0.200. The zero-order valence-corrected chi connectivity index (χ0v) is 12.2. The van der Waals surface area contributed by atoms with Crippen LogP contribution < -0.4 is 5.32 Å². The number of nitrogens with one attached hydrogen (secondary N) is 1. The van der Waals surface area contributed by atoms with Gasteiger partial charge in [0.15, 0.2) is 5.96 Å². The third kappa shape index (κ3) is 3.37. The molecule has 1 fully saturated rings. The van der Waals surface area contributed by atoms with E-state index in [4.69, 9.17) is 0 Å². The number of rotatable bonds is 4. The summed E-state index contributed by atoms with van der Waals surface area (Å²) in [6.45, 7) is 4.38. The number of hydrogen-bond acceptors (Lipinski definition) is 4. The topological polar surface area (TPSA) is 30.9 Å². The van der Waals surface area contributed by atoms with E-state index in [9.17, 15) is 0 Å². The molecule has 0 unspecified atom stereocenters. The zero-order valence-electron chi connectivity index (χ0n) is 12.2. The van der Waals surface area contributed by atoms with Crippen LogP contribution in [0.3, 0.4) is 0 Å². The van der Waals surface area contributed by atoms with Crippen LogP contribution in [0.5, 0.6) is 0 Å². The maximum absolute atomic E-state index is 4.60. The van der Waals surface area contributed by atoms with Crippen LogP contribution in [0.4, 0.5) is 0 Å². The van der Waals surface area contributed by atoms with Crippen LogP contribution in [0, 0.1) is 5.41 Å². The molecule has 2 rings (SSSR count). The molecule has 0 saturated heterocycles. The number of nitrogens with zero attached hydrogens (tertiary/aromatic N) is 3. The summed E-state index contributed by atoms with van der Waals surface area (Å²) in [5.41, 5.74) is 0.463. The molecule has 0 atom stereocenters. The third-order valence-corrected chi connectivity index (χ3v) is 4.21. The largest absolute Gasteiger partial charge is 0.356 e. The van der Waals surface area contributed by atoms with Crippen molar-refractivity contribution in [1.82, 2.24) is 15.1 Å². The number of hydrogen-bond donors (Lipinski definition) is 1. The summed E-state index contributed by atoms with van der Waals surface area (Å²) >= 11 is 0. The van der Waals surface area contributed by atoms with Crippen molar-refractivity contribution in [2.75, 3.05) is 47.3 Å². The highest BCUT2D eigenvalue weighted by Crippen LogP contribution is 2.37. The molecule has 18 heavy (non-hydrogen) atoms. The summed E-state index contributed by atoms with van der Waals surface area (Å²) in [5.74, 6) is 1.10. The Labute approximate surface area is 111 Å². The van der Waals surface area contributed by atoms with Crippen molar-refractivity contribution in [2.24, 2.45) is 10.4 Å². The molecule has 1 aliphatic carbocycles. The first-order valence-electron chi connectivity index (χ1n) is 7.26. The fourth-order valence-electron chi connectivity index (χ4n) is 3.36. The Kier molecular flexibility index (Phi) is 4.49. The monoisotopic (exact) mass is 252 g/mol.